The Morgan fingerprint density at radius 1 is 0.375 bits per heavy atom. The van der Waals surface area contributed by atoms with Crippen LogP contribution in [0.25, 0.3) is 88.2 Å². The molecule has 2 aromatic heterocycles. The number of fused-ring (bicyclic) bond motifs is 6. The average Bonchev–Trinajstić information content (AvgIpc) is 3.63. The summed E-state index contributed by atoms with van der Waals surface area (Å²) in [5, 5.41) is 7.95. The van der Waals surface area contributed by atoms with Crippen LogP contribution in [0.15, 0.2) is 205 Å². The molecule has 0 fully saturated rings. The Hall–Kier alpha value is -7.56. The molecule has 56 heavy (non-hydrogen) atoms. The fourth-order valence-electron chi connectivity index (χ4n) is 8.10. The number of hydrogen-bond acceptors (Lipinski definition) is 4. The number of nitrogens with zero attached hydrogens (tertiary/aromatic N) is 3. The van der Waals surface area contributed by atoms with Gasteiger partial charge >= 0.3 is 0 Å². The molecule has 0 spiro atoms. The molecular weight excluding hydrogens is 683 g/mol. The van der Waals surface area contributed by atoms with Crippen molar-refractivity contribution in [2.24, 2.45) is 0 Å². The van der Waals surface area contributed by atoms with Crippen LogP contribution in [0, 0.1) is 0 Å². The Balaban J connectivity index is 1.07. The minimum Gasteiger partial charge on any atom is -0.456 e. The van der Waals surface area contributed by atoms with E-state index in [4.69, 9.17) is 14.4 Å². The van der Waals surface area contributed by atoms with Crippen molar-refractivity contribution in [3.05, 3.63) is 200 Å². The summed E-state index contributed by atoms with van der Waals surface area (Å²) in [6.07, 6.45) is 0. The molecule has 11 rings (SSSR count). The van der Waals surface area contributed by atoms with Gasteiger partial charge in [0.15, 0.2) is 5.82 Å². The van der Waals surface area contributed by atoms with Crippen LogP contribution in [-0.2, 0) is 0 Å². The second-order valence-corrected chi connectivity index (χ2v) is 14.2. The average molecular weight is 716 g/mol. The van der Waals surface area contributed by atoms with Gasteiger partial charge < -0.3 is 9.32 Å². The van der Waals surface area contributed by atoms with E-state index in [-0.39, 0.29) is 0 Å². The lowest BCUT2D eigenvalue weighted by molar-refractivity contribution is 0.669. The molecular formula is C52H33N3O. The van der Waals surface area contributed by atoms with Gasteiger partial charge in [-0.1, -0.05) is 121 Å². The fraction of sp³-hybridized carbons (Fsp3) is 0. The number of para-hydroxylation sites is 2. The van der Waals surface area contributed by atoms with E-state index in [1.807, 2.05) is 6.07 Å². The third-order valence-electron chi connectivity index (χ3n) is 10.8. The van der Waals surface area contributed by atoms with E-state index < -0.39 is 0 Å². The summed E-state index contributed by atoms with van der Waals surface area (Å²) in [6, 6.07) is 70.3. The zero-order chi connectivity index (χ0) is 37.0. The molecule has 0 bridgehead atoms. The lowest BCUT2D eigenvalue weighted by atomic mass is 9.94. The molecule has 0 aliphatic rings. The van der Waals surface area contributed by atoms with E-state index in [1.165, 1.54) is 16.2 Å². The largest absolute Gasteiger partial charge is 0.456 e. The maximum absolute atomic E-state index is 6.70. The van der Waals surface area contributed by atoms with Crippen molar-refractivity contribution in [1.82, 2.24) is 9.97 Å². The van der Waals surface area contributed by atoms with Crippen LogP contribution in [0.1, 0.15) is 0 Å². The molecule has 0 aliphatic carbocycles. The van der Waals surface area contributed by atoms with Gasteiger partial charge in [-0.05, 0) is 112 Å². The van der Waals surface area contributed by atoms with Crippen molar-refractivity contribution in [1.29, 1.82) is 0 Å². The Kier molecular flexibility index (Phi) is 7.46. The SMILES string of the molecule is c1ccc(-c2cc(-c3nc(-c4ccc(N(c5ccccc5)c5ccc6ccccc6c5)cc4)nc4ccccc34)cc3oc4cc5ccccc5cc4c23)cc1. The highest BCUT2D eigenvalue weighted by Gasteiger charge is 2.20. The Morgan fingerprint density at radius 2 is 1.00 bits per heavy atom. The maximum atomic E-state index is 6.70. The first-order valence-corrected chi connectivity index (χ1v) is 18.9. The van der Waals surface area contributed by atoms with Crippen LogP contribution in [-0.4, -0.2) is 9.97 Å². The van der Waals surface area contributed by atoms with E-state index in [0.29, 0.717) is 5.82 Å². The summed E-state index contributed by atoms with van der Waals surface area (Å²) >= 11 is 0. The molecule has 9 aromatic carbocycles. The van der Waals surface area contributed by atoms with Gasteiger partial charge in [0, 0.05) is 44.3 Å². The molecule has 0 amide bonds. The second kappa shape index (κ2) is 13.1. The van der Waals surface area contributed by atoms with Crippen LogP contribution in [0.2, 0.25) is 0 Å². The van der Waals surface area contributed by atoms with Gasteiger partial charge in [0.2, 0.25) is 0 Å². The number of rotatable bonds is 6. The molecule has 0 radical (unpaired) electrons. The molecule has 4 nitrogen and oxygen atoms in total. The maximum Gasteiger partial charge on any atom is 0.160 e. The summed E-state index contributed by atoms with van der Waals surface area (Å²) in [4.78, 5) is 12.7. The van der Waals surface area contributed by atoms with Crippen molar-refractivity contribution in [3.8, 4) is 33.8 Å². The highest BCUT2D eigenvalue weighted by atomic mass is 16.3. The van der Waals surface area contributed by atoms with Crippen molar-refractivity contribution < 1.29 is 4.42 Å². The van der Waals surface area contributed by atoms with Crippen LogP contribution in [0.4, 0.5) is 17.1 Å². The predicted octanol–water partition coefficient (Wildman–Crippen LogP) is 14.3. The fourth-order valence-corrected chi connectivity index (χ4v) is 8.10. The smallest absolute Gasteiger partial charge is 0.160 e. The molecule has 0 unspecified atom stereocenters. The first-order valence-electron chi connectivity index (χ1n) is 18.9. The monoisotopic (exact) mass is 715 g/mol. The summed E-state index contributed by atoms with van der Waals surface area (Å²) in [5.41, 5.74) is 10.8. The third-order valence-corrected chi connectivity index (χ3v) is 10.8. The number of hydrogen-bond donors (Lipinski definition) is 0. The third kappa shape index (κ3) is 5.47. The number of aromatic nitrogens is 2. The zero-order valence-electron chi connectivity index (χ0n) is 30.3. The topological polar surface area (TPSA) is 42.2 Å². The van der Waals surface area contributed by atoms with Crippen molar-refractivity contribution in [3.63, 3.8) is 0 Å². The number of furan rings is 1. The molecule has 0 atom stereocenters. The molecule has 0 saturated heterocycles. The normalized spacial score (nSPS) is 11.6. The van der Waals surface area contributed by atoms with Gasteiger partial charge in [-0.15, -0.1) is 0 Å². The zero-order valence-corrected chi connectivity index (χ0v) is 30.3. The molecule has 11 aromatic rings. The lowest BCUT2D eigenvalue weighted by Gasteiger charge is -2.26. The first-order chi connectivity index (χ1) is 27.7. The summed E-state index contributed by atoms with van der Waals surface area (Å²) in [6.45, 7) is 0. The van der Waals surface area contributed by atoms with E-state index >= 15 is 0 Å². The Labute approximate surface area is 323 Å². The van der Waals surface area contributed by atoms with Gasteiger partial charge in [0.25, 0.3) is 0 Å². The summed E-state index contributed by atoms with van der Waals surface area (Å²) in [5.74, 6) is 0.666. The van der Waals surface area contributed by atoms with Gasteiger partial charge in [-0.2, -0.15) is 0 Å². The molecule has 0 aliphatic heterocycles. The van der Waals surface area contributed by atoms with E-state index in [0.717, 1.165) is 83.2 Å². The first kappa shape index (κ1) is 31.9. The highest BCUT2D eigenvalue weighted by molar-refractivity contribution is 6.17. The summed E-state index contributed by atoms with van der Waals surface area (Å²) in [7, 11) is 0. The minimum absolute atomic E-state index is 0.666. The van der Waals surface area contributed by atoms with Gasteiger partial charge in [-0.3, -0.25) is 0 Å². The predicted molar refractivity (Wildman–Crippen MR) is 233 cm³/mol. The summed E-state index contributed by atoms with van der Waals surface area (Å²) < 4.78 is 6.70. The quantitative estimate of drug-likeness (QED) is 0.172. The standard InChI is InChI=1S/C52H33N3O/c1-3-14-35(15-4-1)45-31-40(33-49-50(45)46-30-38-17-9-10-18-39(38)32-48(46)56-49)51-44-21-11-12-22-47(44)53-52(54-51)36-24-26-42(27-25-36)55(41-19-5-2-6-20-41)43-28-23-34-13-7-8-16-37(34)29-43/h1-33H. The van der Waals surface area contributed by atoms with Crippen LogP contribution < -0.4 is 4.90 Å². The highest BCUT2D eigenvalue weighted by Crippen LogP contribution is 2.43. The molecule has 0 N–H and O–H groups in total. The second-order valence-electron chi connectivity index (χ2n) is 14.2. The van der Waals surface area contributed by atoms with Crippen molar-refractivity contribution >= 4 is 71.4 Å². The van der Waals surface area contributed by atoms with Gasteiger partial charge in [-0.25, -0.2) is 9.97 Å². The number of anilines is 3. The van der Waals surface area contributed by atoms with Crippen molar-refractivity contribution in [2.45, 2.75) is 0 Å². The van der Waals surface area contributed by atoms with Crippen molar-refractivity contribution in [2.75, 3.05) is 4.90 Å². The van der Waals surface area contributed by atoms with E-state index in [9.17, 15) is 0 Å². The van der Waals surface area contributed by atoms with Crippen LogP contribution >= 0.6 is 0 Å². The van der Waals surface area contributed by atoms with E-state index in [2.05, 4.69) is 199 Å². The molecule has 4 heteroatoms. The molecule has 2 heterocycles. The Morgan fingerprint density at radius 3 is 1.79 bits per heavy atom. The number of benzene rings is 9. The minimum atomic E-state index is 0.666. The van der Waals surface area contributed by atoms with Gasteiger partial charge in [0.1, 0.15) is 11.2 Å². The van der Waals surface area contributed by atoms with Gasteiger partial charge in [0.05, 0.1) is 11.2 Å². The van der Waals surface area contributed by atoms with Crippen LogP contribution in [0.5, 0.6) is 0 Å². The molecule has 0 saturated carbocycles. The lowest BCUT2D eigenvalue weighted by Crippen LogP contribution is -2.09. The molecule has 262 valence electrons. The Bertz CT molecular complexity index is 3240. The van der Waals surface area contributed by atoms with Crippen LogP contribution in [0.3, 0.4) is 0 Å². The van der Waals surface area contributed by atoms with E-state index in [1.54, 1.807) is 0 Å².